The van der Waals surface area contributed by atoms with Gasteiger partial charge in [0.1, 0.15) is 11.8 Å². The summed E-state index contributed by atoms with van der Waals surface area (Å²) in [5.74, 6) is 0.421. The second-order valence-corrected chi connectivity index (χ2v) is 7.98. The number of anilines is 1. The van der Waals surface area contributed by atoms with Gasteiger partial charge in [-0.3, -0.25) is 19.3 Å². The first-order chi connectivity index (χ1) is 17.0. The van der Waals surface area contributed by atoms with Crippen molar-refractivity contribution in [3.63, 3.8) is 0 Å². The number of hydrogen-bond acceptors (Lipinski definition) is 6. The van der Waals surface area contributed by atoms with Gasteiger partial charge < -0.3 is 19.5 Å². The van der Waals surface area contributed by atoms with E-state index in [9.17, 15) is 14.4 Å². The van der Waals surface area contributed by atoms with Gasteiger partial charge in [0.25, 0.3) is 5.91 Å². The Hall–Kier alpha value is -4.33. The van der Waals surface area contributed by atoms with Crippen molar-refractivity contribution in [2.75, 3.05) is 25.2 Å². The van der Waals surface area contributed by atoms with Crippen LogP contribution < -0.4 is 24.4 Å². The van der Waals surface area contributed by atoms with Gasteiger partial charge in [-0.1, -0.05) is 42.5 Å². The second-order valence-electron chi connectivity index (χ2n) is 7.98. The van der Waals surface area contributed by atoms with Crippen LogP contribution in [0.25, 0.3) is 0 Å². The molecule has 0 unspecified atom stereocenters. The summed E-state index contributed by atoms with van der Waals surface area (Å²) in [5, 5.41) is 2.86. The number of methoxy groups -OCH3 is 1. The fourth-order valence-electron chi connectivity index (χ4n) is 3.78. The number of nitrogens with one attached hydrogen (secondary N) is 1. The monoisotopic (exact) mass is 474 g/mol. The molecule has 35 heavy (non-hydrogen) atoms. The maximum atomic E-state index is 12.9. The van der Waals surface area contributed by atoms with E-state index in [2.05, 4.69) is 5.32 Å². The fraction of sp³-hybridized carbons (Fsp3) is 0.222. The van der Waals surface area contributed by atoms with E-state index >= 15 is 0 Å². The number of Topliss-reactive ketones (excluding diaryl/α,β-unsaturated/α-hetero) is 1. The van der Waals surface area contributed by atoms with Crippen molar-refractivity contribution in [2.24, 2.45) is 0 Å². The molecule has 8 nitrogen and oxygen atoms in total. The lowest BCUT2D eigenvalue weighted by Crippen LogP contribution is -2.51. The molecule has 0 aliphatic carbocycles. The Morgan fingerprint density at radius 2 is 1.74 bits per heavy atom. The molecular weight excluding hydrogens is 448 g/mol. The first-order valence-electron chi connectivity index (χ1n) is 11.2. The molecule has 1 N–H and O–H groups in total. The van der Waals surface area contributed by atoms with Crippen molar-refractivity contribution in [3.05, 3.63) is 83.9 Å². The Morgan fingerprint density at radius 3 is 2.49 bits per heavy atom. The number of rotatable bonds is 9. The molecular formula is C27H26N2O6. The summed E-state index contributed by atoms with van der Waals surface area (Å²) in [6.45, 7) is 1.58. The van der Waals surface area contributed by atoms with Gasteiger partial charge >= 0.3 is 0 Å². The SMILES string of the molecule is COc1ccccc1OCC(=O)c1ccc2c(c1)N([C@H](C)C(=O)NCc1ccccc1)C(=O)CO2. The first kappa shape index (κ1) is 23.8. The number of ether oxygens (including phenoxy) is 3. The molecule has 0 saturated carbocycles. The Balaban J connectivity index is 1.49. The minimum atomic E-state index is -0.802. The van der Waals surface area contributed by atoms with Gasteiger partial charge in [0.15, 0.2) is 30.5 Å². The van der Waals surface area contributed by atoms with Crippen LogP contribution in [-0.4, -0.2) is 44.0 Å². The number of hydrogen-bond donors (Lipinski definition) is 1. The largest absolute Gasteiger partial charge is 0.493 e. The van der Waals surface area contributed by atoms with Crippen LogP contribution in [0.5, 0.6) is 17.2 Å². The maximum absolute atomic E-state index is 12.9. The highest BCUT2D eigenvalue weighted by Gasteiger charge is 2.33. The average molecular weight is 475 g/mol. The lowest BCUT2D eigenvalue weighted by molar-refractivity contribution is -0.127. The molecule has 0 spiro atoms. The van der Waals surface area contributed by atoms with E-state index in [-0.39, 0.29) is 30.8 Å². The number of nitrogens with zero attached hydrogens (tertiary/aromatic N) is 1. The zero-order chi connectivity index (χ0) is 24.8. The highest BCUT2D eigenvalue weighted by atomic mass is 16.5. The third-order valence-corrected chi connectivity index (χ3v) is 5.66. The predicted molar refractivity (Wildman–Crippen MR) is 130 cm³/mol. The van der Waals surface area contributed by atoms with Crippen molar-refractivity contribution < 1.29 is 28.6 Å². The summed E-state index contributed by atoms with van der Waals surface area (Å²) in [7, 11) is 1.52. The number of para-hydroxylation sites is 2. The molecule has 1 heterocycles. The Kier molecular flexibility index (Phi) is 7.30. The number of fused-ring (bicyclic) bond motifs is 1. The van der Waals surface area contributed by atoms with Crippen molar-refractivity contribution in [1.82, 2.24) is 5.32 Å². The standard InChI is InChI=1S/C27H26N2O6/c1-18(27(32)28-15-19-8-4-3-5-9-19)29-21-14-20(12-13-23(21)35-17-26(29)31)22(30)16-34-25-11-7-6-10-24(25)33-2/h3-14,18H,15-17H2,1-2H3,(H,28,32)/t18-/m1/s1. The third kappa shape index (κ3) is 5.43. The molecule has 2 amide bonds. The molecule has 1 aliphatic rings. The first-order valence-corrected chi connectivity index (χ1v) is 11.2. The summed E-state index contributed by atoms with van der Waals surface area (Å²) in [6, 6.07) is 20.5. The Bertz CT molecular complexity index is 1230. The smallest absolute Gasteiger partial charge is 0.265 e. The zero-order valence-corrected chi connectivity index (χ0v) is 19.5. The van der Waals surface area contributed by atoms with Crippen LogP contribution in [0.3, 0.4) is 0 Å². The highest BCUT2D eigenvalue weighted by molar-refractivity contribution is 6.05. The maximum Gasteiger partial charge on any atom is 0.265 e. The number of ketones is 1. The van der Waals surface area contributed by atoms with Gasteiger partial charge in [0, 0.05) is 12.1 Å². The molecule has 3 aromatic rings. The summed E-state index contributed by atoms with van der Waals surface area (Å²) in [6.07, 6.45) is 0. The summed E-state index contributed by atoms with van der Waals surface area (Å²) >= 11 is 0. The molecule has 0 aromatic heterocycles. The number of carbonyl (C=O) groups excluding carboxylic acids is 3. The number of carbonyl (C=O) groups is 3. The fourth-order valence-corrected chi connectivity index (χ4v) is 3.78. The van der Waals surface area contributed by atoms with Crippen LogP contribution in [0.4, 0.5) is 5.69 Å². The van der Waals surface area contributed by atoms with Gasteiger partial charge in [-0.15, -0.1) is 0 Å². The van der Waals surface area contributed by atoms with Gasteiger partial charge in [0.2, 0.25) is 5.91 Å². The summed E-state index contributed by atoms with van der Waals surface area (Å²) in [4.78, 5) is 39.8. The van der Waals surface area contributed by atoms with E-state index in [0.29, 0.717) is 35.0 Å². The summed E-state index contributed by atoms with van der Waals surface area (Å²) in [5.41, 5.74) is 1.65. The number of amides is 2. The molecule has 0 saturated heterocycles. The molecule has 180 valence electrons. The van der Waals surface area contributed by atoms with Crippen molar-refractivity contribution in [2.45, 2.75) is 19.5 Å². The van der Waals surface area contributed by atoms with E-state index < -0.39 is 6.04 Å². The normalized spacial score (nSPS) is 13.3. The van der Waals surface area contributed by atoms with E-state index in [1.807, 2.05) is 30.3 Å². The van der Waals surface area contributed by atoms with E-state index in [1.54, 1.807) is 49.4 Å². The quantitative estimate of drug-likeness (QED) is 0.478. The lowest BCUT2D eigenvalue weighted by Gasteiger charge is -2.33. The molecule has 0 fully saturated rings. The highest BCUT2D eigenvalue weighted by Crippen LogP contribution is 2.35. The van der Waals surface area contributed by atoms with Crippen LogP contribution in [0.1, 0.15) is 22.8 Å². The van der Waals surface area contributed by atoms with Crippen LogP contribution in [-0.2, 0) is 16.1 Å². The molecule has 4 rings (SSSR count). The summed E-state index contributed by atoms with van der Waals surface area (Å²) < 4.78 is 16.4. The van der Waals surface area contributed by atoms with Crippen molar-refractivity contribution >= 4 is 23.3 Å². The average Bonchev–Trinajstić information content (AvgIpc) is 2.90. The minimum Gasteiger partial charge on any atom is -0.493 e. The van der Waals surface area contributed by atoms with Crippen LogP contribution in [0, 0.1) is 0 Å². The Morgan fingerprint density at radius 1 is 1.03 bits per heavy atom. The molecule has 0 bridgehead atoms. The van der Waals surface area contributed by atoms with Crippen molar-refractivity contribution in [1.29, 1.82) is 0 Å². The molecule has 1 aliphatic heterocycles. The van der Waals surface area contributed by atoms with E-state index in [1.165, 1.54) is 12.0 Å². The topological polar surface area (TPSA) is 94.2 Å². The Labute approximate surface area is 203 Å². The van der Waals surface area contributed by atoms with Gasteiger partial charge in [-0.2, -0.15) is 0 Å². The molecule has 0 radical (unpaired) electrons. The number of benzene rings is 3. The van der Waals surface area contributed by atoms with Gasteiger partial charge in [-0.05, 0) is 42.8 Å². The zero-order valence-electron chi connectivity index (χ0n) is 19.5. The van der Waals surface area contributed by atoms with Gasteiger partial charge in [-0.25, -0.2) is 0 Å². The van der Waals surface area contributed by atoms with Crippen LogP contribution in [0.2, 0.25) is 0 Å². The van der Waals surface area contributed by atoms with Crippen LogP contribution >= 0.6 is 0 Å². The lowest BCUT2D eigenvalue weighted by atomic mass is 10.1. The van der Waals surface area contributed by atoms with E-state index in [0.717, 1.165) is 5.56 Å². The van der Waals surface area contributed by atoms with Crippen LogP contribution in [0.15, 0.2) is 72.8 Å². The second kappa shape index (κ2) is 10.7. The molecule has 8 heteroatoms. The van der Waals surface area contributed by atoms with Gasteiger partial charge in [0.05, 0.1) is 12.8 Å². The molecule has 1 atom stereocenters. The van der Waals surface area contributed by atoms with Crippen molar-refractivity contribution in [3.8, 4) is 17.2 Å². The third-order valence-electron chi connectivity index (χ3n) is 5.66. The molecule has 3 aromatic carbocycles. The van der Waals surface area contributed by atoms with E-state index in [4.69, 9.17) is 14.2 Å². The minimum absolute atomic E-state index is 0.187. The predicted octanol–water partition coefficient (Wildman–Crippen LogP) is 3.39.